The van der Waals surface area contributed by atoms with E-state index in [2.05, 4.69) is 153 Å². The maximum atomic E-state index is 13.2. The standard InChI is InChI=1S/C71H115NO13/c1-3-5-7-9-11-13-15-16-17-18-19-20-21-22-23-24-25-26-27-28-29-30-31-32-33-34-35-36-37-38-39-40-41-42-43-44-45-47-49-51-53-55-63(76)72-59(60(75)54-52-50-48-46-14-12-10-8-6-4-2)58-82-70-68(81)66(79)69(62(57-74)84-70)85-71-67(80)65(78)64(77)61(56-73)83-71/h5-8,11,13-14,16-17,19-20,22-23,25-26,28-29,31-32,34-35,46,52,54,59-62,64-71,73-75,77-81H,3-4,9-10,12,15,18,21,24,27,30,33,36-45,47-51,53,55-58H2,1-2H3,(H,72,76)/b7-5-,8-6+,13-11-,17-16-,20-19-,23-22-,26-25-,29-28-,32-31-,35-34-,46-14+,54-52+. The molecule has 0 aromatic rings. The number of allylic oxidation sites excluding steroid dienone is 23. The van der Waals surface area contributed by atoms with Crippen LogP contribution in [0.1, 0.15) is 200 Å². The molecule has 14 nitrogen and oxygen atoms in total. The quantitative estimate of drug-likeness (QED) is 0.0204. The third-order valence-electron chi connectivity index (χ3n) is 14.7. The Labute approximate surface area is 513 Å². The predicted octanol–water partition coefficient (Wildman–Crippen LogP) is 12.5. The molecule has 0 aliphatic carbocycles. The Balaban J connectivity index is 1.57. The average Bonchev–Trinajstić information content (AvgIpc) is 2.93. The normalized spacial score (nSPS) is 24.5. The second kappa shape index (κ2) is 54.1. The fourth-order valence-corrected chi connectivity index (χ4v) is 9.62. The van der Waals surface area contributed by atoms with E-state index in [9.17, 15) is 45.6 Å². The minimum Gasteiger partial charge on any atom is -0.394 e. The molecule has 0 aromatic carbocycles. The highest BCUT2D eigenvalue weighted by Gasteiger charge is 2.51. The van der Waals surface area contributed by atoms with Crippen molar-refractivity contribution < 1.29 is 64.6 Å². The lowest BCUT2D eigenvalue weighted by molar-refractivity contribution is -0.359. The highest BCUT2D eigenvalue weighted by atomic mass is 16.7. The number of aliphatic hydroxyl groups excluding tert-OH is 8. The monoisotopic (exact) mass is 1190 g/mol. The van der Waals surface area contributed by atoms with Crippen LogP contribution in [-0.4, -0.2) is 140 Å². The predicted molar refractivity (Wildman–Crippen MR) is 345 cm³/mol. The Hall–Kier alpha value is -4.13. The first-order valence-corrected chi connectivity index (χ1v) is 32.6. The van der Waals surface area contributed by atoms with Crippen LogP contribution in [0.3, 0.4) is 0 Å². The fourth-order valence-electron chi connectivity index (χ4n) is 9.62. The highest BCUT2D eigenvalue weighted by molar-refractivity contribution is 5.76. The molecule has 85 heavy (non-hydrogen) atoms. The molecule has 0 saturated carbocycles. The van der Waals surface area contributed by atoms with E-state index in [1.807, 2.05) is 6.08 Å². The van der Waals surface area contributed by atoms with Gasteiger partial charge in [-0.05, 0) is 109 Å². The van der Waals surface area contributed by atoms with E-state index in [0.29, 0.717) is 12.8 Å². The van der Waals surface area contributed by atoms with Crippen LogP contribution in [0.25, 0.3) is 0 Å². The number of nitrogens with one attached hydrogen (secondary N) is 1. The first-order chi connectivity index (χ1) is 41.6. The molecule has 14 heteroatoms. The van der Waals surface area contributed by atoms with Crippen molar-refractivity contribution in [2.45, 2.75) is 274 Å². The van der Waals surface area contributed by atoms with E-state index >= 15 is 0 Å². The van der Waals surface area contributed by atoms with Gasteiger partial charge in [0.1, 0.15) is 48.8 Å². The lowest BCUT2D eigenvalue weighted by atomic mass is 9.97. The van der Waals surface area contributed by atoms with E-state index in [1.165, 1.54) is 57.8 Å². The van der Waals surface area contributed by atoms with Crippen LogP contribution in [0, 0.1) is 0 Å². The molecule has 12 atom stereocenters. The van der Waals surface area contributed by atoms with Gasteiger partial charge in [0, 0.05) is 6.42 Å². The average molecular weight is 1190 g/mol. The Kier molecular flexibility index (Phi) is 48.9. The molecule has 0 bridgehead atoms. The smallest absolute Gasteiger partial charge is 0.220 e. The van der Waals surface area contributed by atoms with E-state index in [4.69, 9.17) is 18.9 Å². The molecule has 0 radical (unpaired) electrons. The minimum absolute atomic E-state index is 0.259. The Morgan fingerprint density at radius 3 is 1.25 bits per heavy atom. The Morgan fingerprint density at radius 2 is 0.788 bits per heavy atom. The zero-order chi connectivity index (χ0) is 61.6. The van der Waals surface area contributed by atoms with Crippen molar-refractivity contribution in [3.05, 3.63) is 146 Å². The number of aliphatic hydroxyl groups is 8. The maximum Gasteiger partial charge on any atom is 0.220 e. The number of rotatable bonds is 50. The van der Waals surface area contributed by atoms with E-state index in [-0.39, 0.29) is 18.9 Å². The van der Waals surface area contributed by atoms with Crippen molar-refractivity contribution in [3.8, 4) is 0 Å². The third kappa shape index (κ3) is 38.7. The summed E-state index contributed by atoms with van der Waals surface area (Å²) in [5, 5.41) is 86.9. The van der Waals surface area contributed by atoms with Gasteiger partial charge in [-0.1, -0.05) is 230 Å². The van der Waals surface area contributed by atoms with Crippen LogP contribution in [0.5, 0.6) is 0 Å². The third-order valence-corrected chi connectivity index (χ3v) is 14.7. The summed E-state index contributed by atoms with van der Waals surface area (Å²) in [5.74, 6) is -0.264. The molecule has 2 aliphatic heterocycles. The van der Waals surface area contributed by atoms with Gasteiger partial charge in [0.05, 0.1) is 32.0 Å². The van der Waals surface area contributed by atoms with Crippen molar-refractivity contribution in [1.82, 2.24) is 5.32 Å². The van der Waals surface area contributed by atoms with Crippen LogP contribution < -0.4 is 5.32 Å². The van der Waals surface area contributed by atoms with Crippen molar-refractivity contribution >= 4 is 5.91 Å². The molecule has 12 unspecified atom stereocenters. The number of hydrogen-bond donors (Lipinski definition) is 9. The molecular weight excluding hydrogens is 1070 g/mol. The molecule has 0 aromatic heterocycles. The first kappa shape index (κ1) is 77.0. The summed E-state index contributed by atoms with van der Waals surface area (Å²) in [4.78, 5) is 13.2. The summed E-state index contributed by atoms with van der Waals surface area (Å²) < 4.78 is 22.7. The SMILES string of the molecule is CC/C=C\C/C=C\C/C=C\C/C=C\C/C=C\C/C=C\C/C=C\C/C=C\C/C=C\CCCCCCCCCCCCCCCC(=O)NC(COC1OC(CO)C(OC2OC(CO)C(O)C(O)C2O)C(O)C1O)C(O)/C=C/CC/C=C/CC/C=C/CC. The number of hydrogen-bond acceptors (Lipinski definition) is 13. The van der Waals surface area contributed by atoms with Crippen LogP contribution in [0.2, 0.25) is 0 Å². The molecule has 2 saturated heterocycles. The van der Waals surface area contributed by atoms with Gasteiger partial charge in [-0.15, -0.1) is 0 Å². The molecule has 2 heterocycles. The number of carbonyl (C=O) groups excluding carboxylic acids is 1. The fraction of sp³-hybridized carbons (Fsp3) is 0.648. The first-order valence-electron chi connectivity index (χ1n) is 32.6. The summed E-state index contributed by atoms with van der Waals surface area (Å²) in [6, 6.07) is -0.946. The van der Waals surface area contributed by atoms with Crippen molar-refractivity contribution in [2.24, 2.45) is 0 Å². The summed E-state index contributed by atoms with van der Waals surface area (Å²) >= 11 is 0. The zero-order valence-electron chi connectivity index (χ0n) is 52.0. The molecule has 2 rings (SSSR count). The summed E-state index contributed by atoms with van der Waals surface area (Å²) in [6.07, 6.45) is 65.1. The molecule has 482 valence electrons. The van der Waals surface area contributed by atoms with Gasteiger partial charge in [0.25, 0.3) is 0 Å². The number of carbonyl (C=O) groups is 1. The minimum atomic E-state index is -1.80. The molecular formula is C71H115NO13. The van der Waals surface area contributed by atoms with E-state index in [0.717, 1.165) is 109 Å². The van der Waals surface area contributed by atoms with Gasteiger partial charge >= 0.3 is 0 Å². The zero-order valence-corrected chi connectivity index (χ0v) is 52.0. The van der Waals surface area contributed by atoms with Crippen molar-refractivity contribution in [2.75, 3.05) is 19.8 Å². The largest absolute Gasteiger partial charge is 0.394 e. The molecule has 2 aliphatic rings. The van der Waals surface area contributed by atoms with Crippen LogP contribution in [0.4, 0.5) is 0 Å². The molecule has 2 fully saturated rings. The highest BCUT2D eigenvalue weighted by Crippen LogP contribution is 2.30. The number of ether oxygens (including phenoxy) is 4. The van der Waals surface area contributed by atoms with E-state index in [1.54, 1.807) is 6.08 Å². The van der Waals surface area contributed by atoms with Crippen LogP contribution in [-0.2, 0) is 23.7 Å². The van der Waals surface area contributed by atoms with Crippen molar-refractivity contribution in [1.29, 1.82) is 0 Å². The Morgan fingerprint density at radius 1 is 0.424 bits per heavy atom. The van der Waals surface area contributed by atoms with Crippen LogP contribution in [0.15, 0.2) is 146 Å². The Bertz CT molecular complexity index is 1980. The summed E-state index contributed by atoms with van der Waals surface area (Å²) in [7, 11) is 0. The lowest BCUT2D eigenvalue weighted by Gasteiger charge is -2.46. The second-order valence-electron chi connectivity index (χ2n) is 22.1. The van der Waals surface area contributed by atoms with Gasteiger partial charge < -0.3 is 65.1 Å². The van der Waals surface area contributed by atoms with Gasteiger partial charge in [-0.3, -0.25) is 4.79 Å². The maximum absolute atomic E-state index is 13.2. The summed E-state index contributed by atoms with van der Waals surface area (Å²) in [6.45, 7) is 2.50. The van der Waals surface area contributed by atoms with E-state index < -0.39 is 86.8 Å². The van der Waals surface area contributed by atoms with Gasteiger partial charge in [0.2, 0.25) is 5.91 Å². The molecule has 1 amide bonds. The number of unbranched alkanes of at least 4 members (excludes halogenated alkanes) is 15. The second-order valence-corrected chi connectivity index (χ2v) is 22.1. The van der Waals surface area contributed by atoms with Crippen molar-refractivity contribution in [3.63, 3.8) is 0 Å². The number of amides is 1. The topological polar surface area (TPSA) is 228 Å². The van der Waals surface area contributed by atoms with Gasteiger partial charge in [0.15, 0.2) is 12.6 Å². The lowest BCUT2D eigenvalue weighted by Crippen LogP contribution is -2.65. The molecule has 9 N–H and O–H groups in total. The van der Waals surface area contributed by atoms with Crippen LogP contribution >= 0.6 is 0 Å². The molecule has 0 spiro atoms. The summed E-state index contributed by atoms with van der Waals surface area (Å²) in [5.41, 5.74) is 0. The van der Waals surface area contributed by atoms with Gasteiger partial charge in [-0.2, -0.15) is 0 Å². The van der Waals surface area contributed by atoms with Gasteiger partial charge in [-0.25, -0.2) is 0 Å².